The van der Waals surface area contributed by atoms with E-state index in [4.69, 9.17) is 32.7 Å². The summed E-state index contributed by atoms with van der Waals surface area (Å²) in [5.74, 6) is 0.822. The van der Waals surface area contributed by atoms with Crippen molar-refractivity contribution < 1.29 is 24.2 Å². The van der Waals surface area contributed by atoms with Crippen LogP contribution < -0.4 is 20.1 Å². The van der Waals surface area contributed by atoms with Gasteiger partial charge in [0.15, 0.2) is 0 Å². The highest BCUT2D eigenvalue weighted by Gasteiger charge is 2.43. The van der Waals surface area contributed by atoms with Gasteiger partial charge in [0.05, 0.1) is 6.04 Å². The molecule has 2 aromatic rings. The van der Waals surface area contributed by atoms with E-state index in [0.717, 1.165) is 11.3 Å². The number of nitrogens with zero attached hydrogens (tertiary/aromatic N) is 1. The Bertz CT molecular complexity index is 1370. The minimum absolute atomic E-state index is 0.0281. The molecule has 3 N–H and O–H groups in total. The summed E-state index contributed by atoms with van der Waals surface area (Å²) in [6.07, 6.45) is 5.40. The number of fused-ring (bicyclic) bond motifs is 2. The van der Waals surface area contributed by atoms with Crippen LogP contribution in [0.4, 0.5) is 4.79 Å². The first-order valence-electron chi connectivity index (χ1n) is 13.7. The molecule has 0 spiro atoms. The Morgan fingerprint density at radius 3 is 2.51 bits per heavy atom. The lowest BCUT2D eigenvalue weighted by atomic mass is 9.85. The zero-order chi connectivity index (χ0) is 29.1. The maximum atomic E-state index is 13.5. The van der Waals surface area contributed by atoms with Gasteiger partial charge < -0.3 is 25.2 Å². The van der Waals surface area contributed by atoms with Crippen molar-refractivity contribution >= 4 is 35.2 Å². The average Bonchev–Trinajstić information content (AvgIpc) is 3.33. The fourth-order valence-corrected chi connectivity index (χ4v) is 5.59. The topological polar surface area (TPSA) is 100 Å². The Labute approximate surface area is 249 Å². The quantitative estimate of drug-likeness (QED) is 0.380. The van der Waals surface area contributed by atoms with Crippen molar-refractivity contribution in [3.63, 3.8) is 0 Å². The Morgan fingerprint density at radius 1 is 1.10 bits per heavy atom. The molecule has 41 heavy (non-hydrogen) atoms. The van der Waals surface area contributed by atoms with Crippen molar-refractivity contribution in [2.45, 2.75) is 38.5 Å². The third kappa shape index (κ3) is 6.72. The maximum Gasteiger partial charge on any atom is 0.416 e. The molecule has 0 radical (unpaired) electrons. The van der Waals surface area contributed by atoms with E-state index >= 15 is 0 Å². The zero-order valence-electron chi connectivity index (χ0n) is 22.8. The molecule has 0 aromatic heterocycles. The van der Waals surface area contributed by atoms with Crippen LogP contribution in [-0.2, 0) is 4.79 Å². The van der Waals surface area contributed by atoms with E-state index in [2.05, 4.69) is 22.8 Å². The molecule has 0 saturated heterocycles. The highest BCUT2D eigenvalue weighted by atomic mass is 35.5. The third-order valence-electron chi connectivity index (χ3n) is 7.39. The third-order valence-corrected chi connectivity index (χ3v) is 7.90. The highest BCUT2D eigenvalue weighted by Crippen LogP contribution is 2.45. The summed E-state index contributed by atoms with van der Waals surface area (Å²) < 4.78 is 11.5. The van der Waals surface area contributed by atoms with E-state index in [1.165, 1.54) is 5.57 Å². The summed E-state index contributed by atoms with van der Waals surface area (Å²) in [6.45, 7) is 4.20. The fraction of sp³-hybridized carbons (Fsp3) is 0.355. The van der Waals surface area contributed by atoms with Crippen LogP contribution in [0.1, 0.15) is 31.9 Å². The van der Waals surface area contributed by atoms with Crippen LogP contribution >= 0.6 is 23.2 Å². The number of rotatable bonds is 8. The van der Waals surface area contributed by atoms with Gasteiger partial charge in [0.2, 0.25) is 5.91 Å². The second-order valence-electron chi connectivity index (χ2n) is 10.6. The predicted octanol–water partition coefficient (Wildman–Crippen LogP) is 5.33. The number of nitrogens with one attached hydrogen (secondary N) is 2. The van der Waals surface area contributed by atoms with Gasteiger partial charge in [-0.3, -0.25) is 9.69 Å². The minimum atomic E-state index is -0.847. The highest BCUT2D eigenvalue weighted by molar-refractivity contribution is 6.31. The van der Waals surface area contributed by atoms with E-state index < -0.39 is 18.2 Å². The molecule has 8 nitrogen and oxygen atoms in total. The van der Waals surface area contributed by atoms with E-state index in [1.54, 1.807) is 43.0 Å². The molecule has 0 fully saturated rings. The van der Waals surface area contributed by atoms with Crippen molar-refractivity contribution in [2.24, 2.45) is 11.8 Å². The Kier molecular flexibility index (Phi) is 8.92. The zero-order valence-corrected chi connectivity index (χ0v) is 24.4. The van der Waals surface area contributed by atoms with Crippen molar-refractivity contribution in [3.05, 3.63) is 93.6 Å². The first-order chi connectivity index (χ1) is 19.7. The number of aliphatic hydroxyl groups is 1. The molecule has 0 bridgehead atoms. The summed E-state index contributed by atoms with van der Waals surface area (Å²) in [4.78, 5) is 27.0. The SMILES string of the molecule is CC(C)C(=O)NCC(O)COc1ccc(C2C3=C(CCN2C(=O)Oc2ccc(Cl)cc2)C2C=C(Cl)C=CC2N3)cc1. The summed E-state index contributed by atoms with van der Waals surface area (Å²) >= 11 is 12.3. The van der Waals surface area contributed by atoms with Crippen LogP contribution in [0, 0.1) is 11.8 Å². The lowest BCUT2D eigenvalue weighted by molar-refractivity contribution is -0.124. The lowest BCUT2D eigenvalue weighted by Crippen LogP contribution is -2.43. The minimum Gasteiger partial charge on any atom is -0.491 e. The molecule has 4 atom stereocenters. The number of carbonyl (C=O) groups is 2. The monoisotopic (exact) mass is 597 g/mol. The maximum absolute atomic E-state index is 13.5. The van der Waals surface area contributed by atoms with Gasteiger partial charge in [0.1, 0.15) is 30.3 Å². The van der Waals surface area contributed by atoms with Gasteiger partial charge in [0.25, 0.3) is 0 Å². The summed E-state index contributed by atoms with van der Waals surface area (Å²) in [7, 11) is 0. The number of halogens is 2. The Hall–Kier alpha value is -3.46. The number of benzene rings is 2. The molecule has 2 aromatic carbocycles. The number of ether oxygens (including phenoxy) is 2. The molecule has 1 aliphatic carbocycles. The number of allylic oxidation sites excluding steroid dienone is 2. The van der Waals surface area contributed by atoms with Crippen molar-refractivity contribution in [3.8, 4) is 11.5 Å². The first-order valence-corrected chi connectivity index (χ1v) is 14.4. The van der Waals surface area contributed by atoms with Crippen LogP contribution in [0.15, 0.2) is 83.1 Å². The number of hydrogen-bond donors (Lipinski definition) is 3. The van der Waals surface area contributed by atoms with Crippen molar-refractivity contribution in [2.75, 3.05) is 19.7 Å². The van der Waals surface area contributed by atoms with E-state index in [9.17, 15) is 14.7 Å². The fourth-order valence-electron chi connectivity index (χ4n) is 5.26. The summed E-state index contributed by atoms with van der Waals surface area (Å²) in [5.41, 5.74) is 3.08. The molecular formula is C31H33Cl2N3O5. The van der Waals surface area contributed by atoms with Crippen LogP contribution in [-0.4, -0.2) is 53.8 Å². The predicted molar refractivity (Wildman–Crippen MR) is 158 cm³/mol. The number of amides is 2. The van der Waals surface area contributed by atoms with E-state index in [1.807, 2.05) is 30.3 Å². The van der Waals surface area contributed by atoms with Crippen molar-refractivity contribution in [1.29, 1.82) is 0 Å². The molecule has 3 aliphatic rings. The van der Waals surface area contributed by atoms with Crippen molar-refractivity contribution in [1.82, 2.24) is 15.5 Å². The van der Waals surface area contributed by atoms with Gasteiger partial charge in [-0.25, -0.2) is 4.79 Å². The smallest absolute Gasteiger partial charge is 0.416 e. The molecule has 2 heterocycles. The van der Waals surface area contributed by atoms with Gasteiger partial charge in [-0.1, -0.05) is 61.3 Å². The standard InChI is InChI=1S/C31H33Cl2N3O5/c1-18(2)30(38)34-16-22(37)17-40-23-8-3-19(4-9-23)29-28-25(26-15-21(33)7-12-27(26)35-28)13-14-36(29)31(39)41-24-10-5-20(32)6-11-24/h3-12,15,18,22,26-27,29,35,37H,13-14,16-17H2,1-2H3,(H,34,38). The largest absolute Gasteiger partial charge is 0.491 e. The molecule has 0 saturated carbocycles. The Balaban J connectivity index is 1.34. The number of aliphatic hydroxyl groups excluding tert-OH is 1. The molecule has 10 heteroatoms. The first kappa shape index (κ1) is 29.0. The van der Waals surface area contributed by atoms with Crippen LogP contribution in [0.3, 0.4) is 0 Å². The molecule has 216 valence electrons. The number of carbonyl (C=O) groups excluding carboxylic acids is 2. The van der Waals surface area contributed by atoms with E-state index in [0.29, 0.717) is 34.5 Å². The lowest BCUT2D eigenvalue weighted by Gasteiger charge is -2.37. The molecule has 2 aliphatic heterocycles. The van der Waals surface area contributed by atoms with Gasteiger partial charge in [-0.05, 0) is 60.0 Å². The van der Waals surface area contributed by atoms with Gasteiger partial charge in [0, 0.05) is 40.7 Å². The molecular weight excluding hydrogens is 565 g/mol. The molecule has 4 unspecified atom stereocenters. The second-order valence-corrected chi connectivity index (χ2v) is 11.5. The summed E-state index contributed by atoms with van der Waals surface area (Å²) in [5, 5.41) is 17.8. The normalized spacial score (nSPS) is 22.0. The van der Waals surface area contributed by atoms with Crippen LogP contribution in [0.5, 0.6) is 11.5 Å². The van der Waals surface area contributed by atoms with Crippen LogP contribution in [0.25, 0.3) is 0 Å². The molecule has 2 amide bonds. The van der Waals surface area contributed by atoms with Crippen LogP contribution in [0.2, 0.25) is 5.02 Å². The average molecular weight is 599 g/mol. The van der Waals surface area contributed by atoms with E-state index in [-0.39, 0.29) is 36.9 Å². The Morgan fingerprint density at radius 2 is 1.80 bits per heavy atom. The van der Waals surface area contributed by atoms with Gasteiger partial charge >= 0.3 is 6.09 Å². The van der Waals surface area contributed by atoms with Gasteiger partial charge in [-0.15, -0.1) is 0 Å². The summed E-state index contributed by atoms with van der Waals surface area (Å²) in [6, 6.07) is 13.8. The number of hydrogen-bond acceptors (Lipinski definition) is 6. The second kappa shape index (κ2) is 12.6. The van der Waals surface area contributed by atoms with Gasteiger partial charge in [-0.2, -0.15) is 0 Å². The molecule has 5 rings (SSSR count).